The summed E-state index contributed by atoms with van der Waals surface area (Å²) in [6.07, 6.45) is -6.09. The van der Waals surface area contributed by atoms with Crippen LogP contribution in [-0.2, 0) is 24.0 Å². The zero-order chi connectivity index (χ0) is 26.6. The number of benzene rings is 3. The zero-order valence-corrected chi connectivity index (χ0v) is 20.7. The Bertz CT molecular complexity index is 1330. The lowest BCUT2D eigenvalue weighted by Crippen LogP contribution is -2.44. The molecular weight excluding hydrogens is 500 g/mol. The van der Waals surface area contributed by atoms with Gasteiger partial charge in [-0.3, -0.25) is 0 Å². The second kappa shape index (κ2) is 11.2. The van der Waals surface area contributed by atoms with E-state index in [0.717, 1.165) is 5.56 Å². The minimum atomic E-state index is -4.35. The Kier molecular flexibility index (Phi) is 8.03. The first-order chi connectivity index (χ1) is 17.7. The lowest BCUT2D eigenvalue weighted by molar-refractivity contribution is -0.0576. The number of rotatable bonds is 8. The molecule has 37 heavy (non-hydrogen) atoms. The first-order valence-corrected chi connectivity index (χ1v) is 13.0. The molecule has 0 spiro atoms. The van der Waals surface area contributed by atoms with Gasteiger partial charge in [0.15, 0.2) is 11.5 Å². The van der Waals surface area contributed by atoms with E-state index >= 15 is 0 Å². The minimum Gasteiger partial charge on any atom is -0.459 e. The molecule has 1 fully saturated rings. The normalized spacial score (nSPS) is 22.2. The van der Waals surface area contributed by atoms with Gasteiger partial charge in [-0.05, 0) is 43.3 Å². The lowest BCUT2D eigenvalue weighted by Gasteiger charge is -2.22. The number of carbonyl (C=O) groups excluding carboxylic acids is 2. The van der Waals surface area contributed by atoms with Crippen LogP contribution in [0.1, 0.15) is 26.3 Å². The molecule has 1 aliphatic rings. The van der Waals surface area contributed by atoms with Gasteiger partial charge in [-0.25, -0.2) is 18.0 Å². The highest BCUT2D eigenvalue weighted by Gasteiger charge is 2.52. The van der Waals surface area contributed by atoms with Gasteiger partial charge in [-0.1, -0.05) is 54.1 Å². The molecule has 0 amide bonds. The largest absolute Gasteiger partial charge is 0.459 e. The molecule has 0 bridgehead atoms. The van der Waals surface area contributed by atoms with Crippen molar-refractivity contribution in [3.8, 4) is 0 Å². The highest BCUT2D eigenvalue weighted by molar-refractivity contribution is 7.92. The summed E-state index contributed by atoms with van der Waals surface area (Å²) in [5.74, 6) is -1.49. The molecule has 0 radical (unpaired) electrons. The Morgan fingerprint density at radius 1 is 0.892 bits per heavy atom. The Balaban J connectivity index is 1.56. The van der Waals surface area contributed by atoms with Crippen LogP contribution in [0.4, 0.5) is 0 Å². The predicted octanol–water partition coefficient (Wildman–Crippen LogP) is 2.30. The van der Waals surface area contributed by atoms with Crippen LogP contribution in [0.15, 0.2) is 89.8 Å². The summed E-state index contributed by atoms with van der Waals surface area (Å²) in [6.45, 7) is 1.31. The molecule has 5 atom stereocenters. The van der Waals surface area contributed by atoms with Crippen LogP contribution in [0.25, 0.3) is 0 Å². The third-order valence-corrected chi connectivity index (χ3v) is 7.79. The SMILES string of the molecule is Cc1ccc(S(=O)(=O)C(O)C2OC(COC(=O)c3ccccc3)C(OC(=O)c3ccccc3)C2O)cc1. The van der Waals surface area contributed by atoms with Crippen molar-refractivity contribution < 1.29 is 42.4 Å². The van der Waals surface area contributed by atoms with Crippen LogP contribution in [0.2, 0.25) is 0 Å². The molecule has 9 nitrogen and oxygen atoms in total. The van der Waals surface area contributed by atoms with Gasteiger partial charge in [0, 0.05) is 0 Å². The molecular formula is C27H26O9S. The maximum Gasteiger partial charge on any atom is 0.338 e. The molecule has 5 unspecified atom stereocenters. The van der Waals surface area contributed by atoms with Gasteiger partial charge < -0.3 is 24.4 Å². The van der Waals surface area contributed by atoms with Crippen LogP contribution < -0.4 is 0 Å². The second-order valence-corrected chi connectivity index (χ2v) is 10.6. The topological polar surface area (TPSA) is 136 Å². The van der Waals surface area contributed by atoms with E-state index in [2.05, 4.69) is 0 Å². The monoisotopic (exact) mass is 526 g/mol. The first kappa shape index (κ1) is 26.5. The van der Waals surface area contributed by atoms with Crippen molar-refractivity contribution in [3.05, 3.63) is 102 Å². The van der Waals surface area contributed by atoms with E-state index in [-0.39, 0.29) is 16.0 Å². The summed E-state index contributed by atoms with van der Waals surface area (Å²) in [5.41, 5.74) is -0.917. The van der Waals surface area contributed by atoms with Crippen LogP contribution >= 0.6 is 0 Å². The molecule has 1 saturated heterocycles. The molecule has 10 heteroatoms. The number of sulfone groups is 1. The number of aliphatic hydroxyl groups excluding tert-OH is 2. The Labute approximate surface area is 214 Å². The molecule has 1 aliphatic heterocycles. The van der Waals surface area contributed by atoms with Crippen molar-refractivity contribution in [3.63, 3.8) is 0 Å². The fourth-order valence-corrected chi connectivity index (χ4v) is 5.28. The molecule has 1 heterocycles. The number of hydrogen-bond acceptors (Lipinski definition) is 9. The molecule has 2 N–H and O–H groups in total. The van der Waals surface area contributed by atoms with Gasteiger partial charge in [0.2, 0.25) is 9.84 Å². The van der Waals surface area contributed by atoms with Gasteiger partial charge in [-0.15, -0.1) is 0 Å². The number of carbonyl (C=O) groups is 2. The average Bonchev–Trinajstić information content (AvgIpc) is 3.22. The lowest BCUT2D eigenvalue weighted by atomic mass is 10.1. The van der Waals surface area contributed by atoms with Crippen molar-refractivity contribution >= 4 is 21.8 Å². The van der Waals surface area contributed by atoms with Crippen LogP contribution in [0, 0.1) is 6.92 Å². The summed E-state index contributed by atoms with van der Waals surface area (Å²) in [7, 11) is -4.35. The summed E-state index contributed by atoms with van der Waals surface area (Å²) < 4.78 is 42.5. The molecule has 0 aromatic heterocycles. The number of aliphatic hydroxyl groups is 2. The van der Waals surface area contributed by atoms with Crippen molar-refractivity contribution in [2.75, 3.05) is 6.61 Å². The third kappa shape index (κ3) is 5.89. The molecule has 0 aliphatic carbocycles. The number of ether oxygens (including phenoxy) is 3. The standard InChI is InChI=1S/C27H26O9S/c1-17-12-14-20(15-13-17)37(32,33)27(31)24-22(28)23(36-26(30)19-10-6-3-7-11-19)21(35-24)16-34-25(29)18-8-4-2-5-9-18/h2-15,21-24,27-28,31H,16H2,1H3. The highest BCUT2D eigenvalue weighted by Crippen LogP contribution is 2.31. The fourth-order valence-electron chi connectivity index (χ4n) is 3.91. The van der Waals surface area contributed by atoms with E-state index in [0.29, 0.717) is 0 Å². The van der Waals surface area contributed by atoms with Crippen molar-refractivity contribution in [1.82, 2.24) is 0 Å². The van der Waals surface area contributed by atoms with Gasteiger partial charge in [0.05, 0.1) is 16.0 Å². The van der Waals surface area contributed by atoms with Crippen LogP contribution in [-0.4, -0.2) is 67.0 Å². The maximum atomic E-state index is 13.0. The predicted molar refractivity (Wildman–Crippen MR) is 131 cm³/mol. The van der Waals surface area contributed by atoms with Crippen LogP contribution in [0.5, 0.6) is 0 Å². The first-order valence-electron chi connectivity index (χ1n) is 11.5. The summed E-state index contributed by atoms with van der Waals surface area (Å²) >= 11 is 0. The fraction of sp³-hybridized carbons (Fsp3) is 0.259. The number of aryl methyl sites for hydroxylation is 1. The summed E-state index contributed by atoms with van der Waals surface area (Å²) in [5, 5.41) is 21.7. The highest BCUT2D eigenvalue weighted by atomic mass is 32.2. The maximum absolute atomic E-state index is 13.0. The molecule has 3 aromatic rings. The third-order valence-electron chi connectivity index (χ3n) is 5.96. The number of esters is 2. The van der Waals surface area contributed by atoms with Crippen LogP contribution in [0.3, 0.4) is 0 Å². The summed E-state index contributed by atoms with van der Waals surface area (Å²) in [6, 6.07) is 21.9. The average molecular weight is 527 g/mol. The second-order valence-electron chi connectivity index (χ2n) is 8.58. The van der Waals surface area contributed by atoms with E-state index in [9.17, 15) is 28.2 Å². The van der Waals surface area contributed by atoms with E-state index in [1.54, 1.807) is 67.6 Å². The summed E-state index contributed by atoms with van der Waals surface area (Å²) in [4.78, 5) is 25.0. The van der Waals surface area contributed by atoms with Gasteiger partial charge >= 0.3 is 11.9 Å². The van der Waals surface area contributed by atoms with E-state index in [1.807, 2.05) is 0 Å². The molecule has 4 rings (SSSR count). The Morgan fingerprint density at radius 3 is 2.00 bits per heavy atom. The van der Waals surface area contributed by atoms with Crippen molar-refractivity contribution in [2.24, 2.45) is 0 Å². The van der Waals surface area contributed by atoms with Gasteiger partial charge in [-0.2, -0.15) is 0 Å². The number of hydrogen-bond donors (Lipinski definition) is 2. The molecule has 194 valence electrons. The smallest absolute Gasteiger partial charge is 0.338 e. The van der Waals surface area contributed by atoms with Crippen molar-refractivity contribution in [2.45, 2.75) is 41.7 Å². The molecule has 3 aromatic carbocycles. The Hall–Kier alpha value is -3.57. The van der Waals surface area contributed by atoms with E-state index in [4.69, 9.17) is 14.2 Å². The van der Waals surface area contributed by atoms with Gasteiger partial charge in [0.1, 0.15) is 24.9 Å². The van der Waals surface area contributed by atoms with Crippen molar-refractivity contribution in [1.29, 1.82) is 0 Å². The van der Waals surface area contributed by atoms with Gasteiger partial charge in [0.25, 0.3) is 0 Å². The Morgan fingerprint density at radius 2 is 1.43 bits per heavy atom. The zero-order valence-electron chi connectivity index (χ0n) is 19.8. The van der Waals surface area contributed by atoms with E-state index < -0.39 is 58.2 Å². The molecule has 0 saturated carbocycles. The quantitative estimate of drug-likeness (QED) is 0.424. The van der Waals surface area contributed by atoms with E-state index in [1.165, 1.54) is 24.3 Å². The minimum absolute atomic E-state index is 0.168.